The average molecular weight is 297 g/mol. The fraction of sp³-hybridized carbons (Fsp3) is 0.467. The molecule has 1 aromatic carbocycles. The van der Waals surface area contributed by atoms with Gasteiger partial charge < -0.3 is 10.0 Å². The molecule has 0 bridgehead atoms. The molecule has 0 unspecified atom stereocenters. The van der Waals surface area contributed by atoms with E-state index in [1.807, 2.05) is 0 Å². The predicted molar refractivity (Wildman–Crippen MR) is 71.3 cm³/mol. The van der Waals surface area contributed by atoms with Crippen LogP contribution in [0.15, 0.2) is 18.2 Å². The molecule has 0 aliphatic heterocycles. The van der Waals surface area contributed by atoms with Gasteiger partial charge in [0.05, 0.1) is 11.8 Å². The molecule has 0 saturated heterocycles. The molecule has 1 amide bonds. The Morgan fingerprint density at radius 2 is 1.95 bits per heavy atom. The third-order valence-corrected chi connectivity index (χ3v) is 3.95. The van der Waals surface area contributed by atoms with Gasteiger partial charge in [-0.3, -0.25) is 9.59 Å². The molecule has 1 aliphatic carbocycles. The highest BCUT2D eigenvalue weighted by Gasteiger charge is 2.39. The lowest BCUT2D eigenvalue weighted by Crippen LogP contribution is -2.36. The largest absolute Gasteiger partial charge is 0.481 e. The van der Waals surface area contributed by atoms with Gasteiger partial charge in [0, 0.05) is 25.2 Å². The summed E-state index contributed by atoms with van der Waals surface area (Å²) >= 11 is 0. The Morgan fingerprint density at radius 1 is 1.29 bits per heavy atom. The minimum Gasteiger partial charge on any atom is -0.481 e. The number of rotatable bonds is 4. The topological polar surface area (TPSA) is 57.6 Å². The number of nitrogens with zero attached hydrogens (tertiary/aromatic N) is 1. The summed E-state index contributed by atoms with van der Waals surface area (Å²) in [7, 11) is 1.50. The van der Waals surface area contributed by atoms with E-state index in [2.05, 4.69) is 0 Å². The Morgan fingerprint density at radius 3 is 2.57 bits per heavy atom. The molecule has 1 saturated carbocycles. The van der Waals surface area contributed by atoms with E-state index in [9.17, 15) is 18.4 Å². The Bertz CT molecular complexity index is 562. The summed E-state index contributed by atoms with van der Waals surface area (Å²) in [4.78, 5) is 24.7. The van der Waals surface area contributed by atoms with E-state index < -0.39 is 29.4 Å². The van der Waals surface area contributed by atoms with Crippen molar-refractivity contribution in [2.24, 2.45) is 11.8 Å². The zero-order valence-electron chi connectivity index (χ0n) is 11.7. The van der Waals surface area contributed by atoms with Gasteiger partial charge in [-0.05, 0) is 18.9 Å². The highest BCUT2D eigenvalue weighted by Crippen LogP contribution is 2.33. The van der Waals surface area contributed by atoms with Crippen LogP contribution in [0.4, 0.5) is 8.78 Å². The first-order chi connectivity index (χ1) is 9.90. The molecular weight excluding hydrogens is 280 g/mol. The lowest BCUT2D eigenvalue weighted by atomic mass is 9.94. The highest BCUT2D eigenvalue weighted by molar-refractivity contribution is 5.85. The van der Waals surface area contributed by atoms with Crippen molar-refractivity contribution in [1.82, 2.24) is 4.90 Å². The van der Waals surface area contributed by atoms with E-state index >= 15 is 0 Å². The number of halogens is 2. The summed E-state index contributed by atoms with van der Waals surface area (Å²) in [5, 5.41) is 9.11. The number of carbonyl (C=O) groups excluding carboxylic acids is 1. The van der Waals surface area contributed by atoms with Crippen molar-refractivity contribution in [1.29, 1.82) is 0 Å². The standard InChI is InChI=1S/C15H17F2NO3/c1-18(8-9-5-6-10(16)7-13(9)17)14(19)11-3-2-4-12(11)15(20)21/h5-7,11-12H,2-4,8H2,1H3,(H,20,21)/t11-,12+/m1/s1. The van der Waals surface area contributed by atoms with E-state index in [0.717, 1.165) is 12.1 Å². The normalized spacial score (nSPS) is 21.3. The summed E-state index contributed by atoms with van der Waals surface area (Å²) in [6.45, 7) is -0.00616. The SMILES string of the molecule is CN(Cc1ccc(F)cc1F)C(=O)[C@@H]1CCC[C@@H]1C(=O)O. The van der Waals surface area contributed by atoms with Crippen molar-refractivity contribution in [2.75, 3.05) is 7.05 Å². The molecule has 21 heavy (non-hydrogen) atoms. The maximum Gasteiger partial charge on any atom is 0.307 e. The Labute approximate surface area is 121 Å². The lowest BCUT2D eigenvalue weighted by Gasteiger charge is -2.23. The van der Waals surface area contributed by atoms with E-state index in [1.54, 1.807) is 0 Å². The average Bonchev–Trinajstić information content (AvgIpc) is 2.90. The molecule has 2 atom stereocenters. The van der Waals surface area contributed by atoms with Crippen LogP contribution in [0.25, 0.3) is 0 Å². The minimum absolute atomic E-state index is 0.00616. The highest BCUT2D eigenvalue weighted by atomic mass is 19.1. The number of hydrogen-bond donors (Lipinski definition) is 1. The zero-order valence-corrected chi connectivity index (χ0v) is 11.7. The van der Waals surface area contributed by atoms with Crippen LogP contribution in [-0.4, -0.2) is 28.9 Å². The van der Waals surface area contributed by atoms with Crippen LogP contribution in [0.1, 0.15) is 24.8 Å². The summed E-state index contributed by atoms with van der Waals surface area (Å²) in [5.41, 5.74) is 0.206. The van der Waals surface area contributed by atoms with Gasteiger partial charge in [0.2, 0.25) is 5.91 Å². The molecule has 2 rings (SSSR count). The number of hydrogen-bond acceptors (Lipinski definition) is 2. The number of carboxylic acids is 1. The molecule has 0 aromatic heterocycles. The van der Waals surface area contributed by atoms with E-state index in [0.29, 0.717) is 19.3 Å². The van der Waals surface area contributed by atoms with Gasteiger partial charge in [-0.15, -0.1) is 0 Å². The molecule has 0 radical (unpaired) electrons. The molecule has 1 fully saturated rings. The van der Waals surface area contributed by atoms with Crippen molar-refractivity contribution in [2.45, 2.75) is 25.8 Å². The maximum absolute atomic E-state index is 13.6. The second-order valence-electron chi connectivity index (χ2n) is 5.41. The first-order valence-corrected chi connectivity index (χ1v) is 6.82. The van der Waals surface area contributed by atoms with Gasteiger partial charge in [0.25, 0.3) is 0 Å². The molecule has 1 N–H and O–H groups in total. The van der Waals surface area contributed by atoms with Gasteiger partial charge in [0.15, 0.2) is 0 Å². The number of carboxylic acid groups (broad SMARTS) is 1. The molecule has 4 nitrogen and oxygen atoms in total. The van der Waals surface area contributed by atoms with Crippen LogP contribution in [0.2, 0.25) is 0 Å². The van der Waals surface area contributed by atoms with Crippen LogP contribution in [0.3, 0.4) is 0 Å². The fourth-order valence-corrected chi connectivity index (χ4v) is 2.82. The third-order valence-electron chi connectivity index (χ3n) is 3.95. The van der Waals surface area contributed by atoms with Crippen LogP contribution in [0, 0.1) is 23.5 Å². The van der Waals surface area contributed by atoms with Crippen LogP contribution >= 0.6 is 0 Å². The van der Waals surface area contributed by atoms with Crippen LogP contribution in [-0.2, 0) is 16.1 Å². The Balaban J connectivity index is 2.07. The van der Waals surface area contributed by atoms with Crippen molar-refractivity contribution in [3.8, 4) is 0 Å². The molecule has 0 spiro atoms. The lowest BCUT2D eigenvalue weighted by molar-refractivity contribution is -0.148. The van der Waals surface area contributed by atoms with Gasteiger partial charge in [-0.25, -0.2) is 8.78 Å². The molecule has 1 aromatic rings. The Kier molecular flexibility index (Phi) is 4.55. The van der Waals surface area contributed by atoms with E-state index in [1.165, 1.54) is 18.0 Å². The molecule has 114 valence electrons. The van der Waals surface area contributed by atoms with Crippen molar-refractivity contribution >= 4 is 11.9 Å². The summed E-state index contributed by atoms with van der Waals surface area (Å²) in [6.07, 6.45) is 1.72. The molecule has 6 heteroatoms. The third kappa shape index (κ3) is 3.37. The minimum atomic E-state index is -0.966. The van der Waals surface area contributed by atoms with Crippen molar-refractivity contribution in [3.05, 3.63) is 35.4 Å². The van der Waals surface area contributed by atoms with Crippen molar-refractivity contribution < 1.29 is 23.5 Å². The monoisotopic (exact) mass is 297 g/mol. The van der Waals surface area contributed by atoms with E-state index in [-0.39, 0.29) is 18.0 Å². The molecule has 0 heterocycles. The second-order valence-corrected chi connectivity index (χ2v) is 5.41. The fourth-order valence-electron chi connectivity index (χ4n) is 2.82. The summed E-state index contributed by atoms with van der Waals surface area (Å²) < 4.78 is 26.4. The van der Waals surface area contributed by atoms with Crippen LogP contribution < -0.4 is 0 Å². The summed E-state index contributed by atoms with van der Waals surface area (Å²) in [6, 6.07) is 3.19. The molecular formula is C15H17F2NO3. The van der Waals surface area contributed by atoms with Gasteiger partial charge in [-0.1, -0.05) is 12.5 Å². The maximum atomic E-state index is 13.6. The first-order valence-electron chi connectivity index (χ1n) is 6.82. The number of carbonyl (C=O) groups is 2. The number of amides is 1. The van der Waals surface area contributed by atoms with Gasteiger partial charge in [0.1, 0.15) is 11.6 Å². The second kappa shape index (κ2) is 6.20. The zero-order chi connectivity index (χ0) is 15.6. The smallest absolute Gasteiger partial charge is 0.307 e. The predicted octanol–water partition coefficient (Wildman–Crippen LogP) is 2.42. The molecule has 1 aliphatic rings. The number of benzene rings is 1. The summed E-state index contributed by atoms with van der Waals surface area (Å²) in [5.74, 6) is -3.88. The van der Waals surface area contributed by atoms with E-state index in [4.69, 9.17) is 5.11 Å². The number of aliphatic carboxylic acids is 1. The Hall–Kier alpha value is -1.98. The quantitative estimate of drug-likeness (QED) is 0.928. The van der Waals surface area contributed by atoms with Gasteiger partial charge >= 0.3 is 5.97 Å². The van der Waals surface area contributed by atoms with Gasteiger partial charge in [-0.2, -0.15) is 0 Å². The van der Waals surface area contributed by atoms with Crippen molar-refractivity contribution in [3.63, 3.8) is 0 Å². The van der Waals surface area contributed by atoms with Crippen LogP contribution in [0.5, 0.6) is 0 Å². The first kappa shape index (κ1) is 15.4.